The van der Waals surface area contributed by atoms with Gasteiger partial charge in [-0.3, -0.25) is 37.3 Å². The molecule has 0 aromatic heterocycles. The van der Waals surface area contributed by atoms with Crippen molar-refractivity contribution in [2.75, 3.05) is 39.6 Å². The Kier molecular flexibility index (Phi) is 50.6. The molecule has 0 saturated heterocycles. The maximum absolute atomic E-state index is 12.9. The van der Waals surface area contributed by atoms with Crippen LogP contribution in [-0.4, -0.2) is 96.7 Å². The first-order valence-corrected chi connectivity index (χ1v) is 34.1. The average Bonchev–Trinajstić information content (AvgIpc) is 3.41. The molecule has 0 aliphatic heterocycles. The number of phosphoric ester groups is 2. The Balaban J connectivity index is 5.14. The molecule has 0 aromatic carbocycles. The second-order valence-electron chi connectivity index (χ2n) is 21.9. The molecule has 0 heterocycles. The molecular formula is C59H114O17P2. The number of carbonyl (C=O) groups excluding carboxylic acids is 4. The summed E-state index contributed by atoms with van der Waals surface area (Å²) in [5.74, 6) is -0.550. The predicted octanol–water partition coefficient (Wildman–Crippen LogP) is 15.7. The number of ether oxygens (including phenoxy) is 4. The van der Waals surface area contributed by atoms with E-state index in [9.17, 15) is 43.2 Å². The van der Waals surface area contributed by atoms with E-state index in [1.54, 1.807) is 0 Å². The van der Waals surface area contributed by atoms with E-state index >= 15 is 0 Å². The Morgan fingerprint density at radius 2 is 0.615 bits per heavy atom. The highest BCUT2D eigenvalue weighted by Crippen LogP contribution is 2.45. The first kappa shape index (κ1) is 76.1. The minimum atomic E-state index is -4.94. The third-order valence-corrected chi connectivity index (χ3v) is 16.1. The lowest BCUT2D eigenvalue weighted by Crippen LogP contribution is -2.30. The summed E-state index contributed by atoms with van der Waals surface area (Å²) < 4.78 is 67.4. The number of carbonyl (C=O) groups is 4. The van der Waals surface area contributed by atoms with Crippen molar-refractivity contribution in [3.05, 3.63) is 0 Å². The molecule has 78 heavy (non-hydrogen) atoms. The van der Waals surface area contributed by atoms with Crippen molar-refractivity contribution in [1.82, 2.24) is 0 Å². The Morgan fingerprint density at radius 1 is 0.359 bits per heavy atom. The molecule has 0 aliphatic carbocycles. The second kappa shape index (κ2) is 51.9. The smallest absolute Gasteiger partial charge is 0.462 e. The van der Waals surface area contributed by atoms with Gasteiger partial charge in [-0.1, -0.05) is 234 Å². The highest BCUT2D eigenvalue weighted by molar-refractivity contribution is 7.47. The summed E-state index contributed by atoms with van der Waals surface area (Å²) in [5.41, 5.74) is 0. The second-order valence-corrected chi connectivity index (χ2v) is 24.8. The number of unbranched alkanes of at least 4 members (excludes halogenated alkanes) is 26. The van der Waals surface area contributed by atoms with Gasteiger partial charge in [-0.15, -0.1) is 0 Å². The van der Waals surface area contributed by atoms with E-state index < -0.39 is 97.5 Å². The van der Waals surface area contributed by atoms with Gasteiger partial charge in [-0.05, 0) is 37.5 Å². The molecule has 0 rings (SSSR count). The highest BCUT2D eigenvalue weighted by Gasteiger charge is 2.30. The number of hydrogen-bond acceptors (Lipinski definition) is 15. The van der Waals surface area contributed by atoms with Gasteiger partial charge >= 0.3 is 39.5 Å². The average molecular weight is 1160 g/mol. The fourth-order valence-corrected chi connectivity index (χ4v) is 10.2. The van der Waals surface area contributed by atoms with E-state index in [4.69, 9.17) is 37.0 Å². The third kappa shape index (κ3) is 51.0. The molecule has 7 atom stereocenters. The first-order chi connectivity index (χ1) is 37.4. The van der Waals surface area contributed by atoms with Crippen molar-refractivity contribution in [1.29, 1.82) is 0 Å². The van der Waals surface area contributed by atoms with Crippen molar-refractivity contribution in [3.8, 4) is 0 Å². The van der Waals surface area contributed by atoms with Gasteiger partial charge in [0.1, 0.15) is 19.3 Å². The zero-order valence-electron chi connectivity index (χ0n) is 50.0. The number of rotatable bonds is 58. The van der Waals surface area contributed by atoms with Gasteiger partial charge in [0.05, 0.1) is 26.4 Å². The fourth-order valence-electron chi connectivity index (χ4n) is 8.58. The van der Waals surface area contributed by atoms with Crippen LogP contribution in [0.3, 0.4) is 0 Å². The zero-order chi connectivity index (χ0) is 58.0. The highest BCUT2D eigenvalue weighted by atomic mass is 31.2. The number of phosphoric acid groups is 2. The van der Waals surface area contributed by atoms with Crippen LogP contribution < -0.4 is 0 Å². The molecule has 0 fully saturated rings. The van der Waals surface area contributed by atoms with Crippen LogP contribution in [0, 0.1) is 11.8 Å². The summed E-state index contributed by atoms with van der Waals surface area (Å²) >= 11 is 0. The minimum Gasteiger partial charge on any atom is -0.462 e. The number of esters is 4. The van der Waals surface area contributed by atoms with Crippen LogP contribution in [0.1, 0.15) is 286 Å². The largest absolute Gasteiger partial charge is 0.472 e. The molecule has 0 amide bonds. The Morgan fingerprint density at radius 3 is 0.910 bits per heavy atom. The fraction of sp³-hybridized carbons (Fsp3) is 0.932. The van der Waals surface area contributed by atoms with Crippen LogP contribution in [0.2, 0.25) is 0 Å². The van der Waals surface area contributed by atoms with E-state index in [0.717, 1.165) is 108 Å². The van der Waals surface area contributed by atoms with Gasteiger partial charge in [0, 0.05) is 25.7 Å². The van der Waals surface area contributed by atoms with Crippen molar-refractivity contribution in [2.45, 2.75) is 304 Å². The number of aliphatic hydroxyl groups is 1. The van der Waals surface area contributed by atoms with Crippen molar-refractivity contribution >= 4 is 39.5 Å². The summed E-state index contributed by atoms with van der Waals surface area (Å²) in [6.07, 6.45) is 32.7. The summed E-state index contributed by atoms with van der Waals surface area (Å²) in [6, 6.07) is 0. The lowest BCUT2D eigenvalue weighted by Gasteiger charge is -2.21. The standard InChI is InChI=1S/C59H114O17P2/c1-7-11-13-27-35-41-56(61)69-47-54(75-58(63)43-37-28-14-12-8-2)49-73-77(65,66)71-45-53(60)46-72-78(67,68)74-50-55(76-59(64)44-38-32-26-22-18-16-20-24-30-34-40-52(6)10-4)48-70-57(62)42-36-31-25-21-17-15-19-23-29-33-39-51(5)9-3/h51-55,60H,7-50H2,1-6H3,(H,65,66)(H,67,68)/t51?,52?,53-,54+,55+/m0/s1. The van der Waals surface area contributed by atoms with Crippen LogP contribution in [0.25, 0.3) is 0 Å². The summed E-state index contributed by atoms with van der Waals surface area (Å²) in [6.45, 7) is 9.32. The first-order valence-electron chi connectivity index (χ1n) is 31.1. The molecule has 3 N–H and O–H groups in total. The molecule has 0 spiro atoms. The van der Waals surface area contributed by atoms with Crippen molar-refractivity contribution in [2.24, 2.45) is 11.8 Å². The van der Waals surface area contributed by atoms with Gasteiger partial charge in [0.25, 0.3) is 0 Å². The molecule has 0 saturated carbocycles. The number of aliphatic hydroxyl groups excluding tert-OH is 1. The maximum atomic E-state index is 12.9. The van der Waals surface area contributed by atoms with Gasteiger partial charge < -0.3 is 33.8 Å². The molecule has 0 aromatic rings. The third-order valence-electron chi connectivity index (χ3n) is 14.2. The molecular weight excluding hydrogens is 1040 g/mol. The number of hydrogen-bond donors (Lipinski definition) is 3. The Labute approximate surface area is 473 Å². The normalized spacial score (nSPS) is 15.1. The molecule has 0 aliphatic rings. The van der Waals surface area contributed by atoms with Crippen LogP contribution in [0.5, 0.6) is 0 Å². The van der Waals surface area contributed by atoms with Gasteiger partial charge in [-0.2, -0.15) is 0 Å². The summed E-state index contributed by atoms with van der Waals surface area (Å²) in [7, 11) is -9.86. The molecule has 0 radical (unpaired) electrons. The maximum Gasteiger partial charge on any atom is 0.472 e. The van der Waals surface area contributed by atoms with Crippen LogP contribution in [0.4, 0.5) is 0 Å². The monoisotopic (exact) mass is 1160 g/mol. The van der Waals surface area contributed by atoms with Crippen LogP contribution >= 0.6 is 15.6 Å². The summed E-state index contributed by atoms with van der Waals surface area (Å²) in [4.78, 5) is 71.5. The zero-order valence-corrected chi connectivity index (χ0v) is 51.7. The van der Waals surface area contributed by atoms with E-state index in [0.29, 0.717) is 25.7 Å². The molecule has 0 bridgehead atoms. The predicted molar refractivity (Wildman–Crippen MR) is 308 cm³/mol. The SMILES string of the molecule is CCCCCCCC(=O)OC[C@H](COP(=O)(O)OC[C@H](O)COP(=O)(O)OC[C@@H](COC(=O)CCCCCCCCCCCCC(C)CC)OC(=O)CCCCCCCCCCCCC(C)CC)OC(=O)CCCCCCC. The molecule has 19 heteroatoms. The molecule has 462 valence electrons. The van der Waals surface area contributed by atoms with Crippen molar-refractivity contribution in [3.63, 3.8) is 0 Å². The summed E-state index contributed by atoms with van der Waals surface area (Å²) in [5, 5.41) is 10.5. The Hall–Kier alpha value is -1.94. The van der Waals surface area contributed by atoms with Crippen LogP contribution in [0.15, 0.2) is 0 Å². The van der Waals surface area contributed by atoms with Crippen molar-refractivity contribution < 1.29 is 80.2 Å². The van der Waals surface area contributed by atoms with Crippen LogP contribution in [-0.2, 0) is 65.4 Å². The van der Waals surface area contributed by atoms with E-state index in [1.807, 2.05) is 0 Å². The Bertz CT molecular complexity index is 1550. The van der Waals surface area contributed by atoms with E-state index in [1.165, 1.54) is 96.3 Å². The van der Waals surface area contributed by atoms with E-state index in [2.05, 4.69) is 41.5 Å². The minimum absolute atomic E-state index is 0.0984. The van der Waals surface area contributed by atoms with E-state index in [-0.39, 0.29) is 25.7 Å². The quantitative estimate of drug-likeness (QED) is 0.0222. The lowest BCUT2D eigenvalue weighted by molar-refractivity contribution is -0.161. The topological polar surface area (TPSA) is 237 Å². The molecule has 4 unspecified atom stereocenters. The van der Waals surface area contributed by atoms with Gasteiger partial charge in [0.15, 0.2) is 12.2 Å². The lowest BCUT2D eigenvalue weighted by atomic mass is 9.99. The van der Waals surface area contributed by atoms with Gasteiger partial charge in [-0.25, -0.2) is 9.13 Å². The molecule has 17 nitrogen and oxygen atoms in total. The van der Waals surface area contributed by atoms with Gasteiger partial charge in [0.2, 0.25) is 0 Å².